The Morgan fingerprint density at radius 2 is 1.90 bits per heavy atom. The van der Waals surface area contributed by atoms with Crippen molar-refractivity contribution in [3.05, 3.63) is 23.9 Å². The smallest absolute Gasteiger partial charge is 0.295 e. The number of ether oxygens (including phenoxy) is 2. The second-order valence-electron chi connectivity index (χ2n) is 5.29. The lowest BCUT2D eigenvalue weighted by molar-refractivity contribution is -0.126. The number of ketones is 1. The highest BCUT2D eigenvalue weighted by molar-refractivity contribution is 6.44. The van der Waals surface area contributed by atoms with E-state index in [-0.39, 0.29) is 12.8 Å². The largest absolute Gasteiger partial charge is 0.454 e. The number of hydrogen-bond donors (Lipinski definition) is 1. The van der Waals surface area contributed by atoms with E-state index in [1.54, 1.807) is 25.4 Å². The van der Waals surface area contributed by atoms with E-state index in [1.807, 2.05) is 13.8 Å². The van der Waals surface area contributed by atoms with Gasteiger partial charge in [-0.1, -0.05) is 0 Å². The molecule has 0 radical (unpaired) electrons. The summed E-state index contributed by atoms with van der Waals surface area (Å²) in [5.74, 6) is 0.162. The molecule has 0 aliphatic carbocycles. The molecule has 0 fully saturated rings. The summed E-state index contributed by atoms with van der Waals surface area (Å²) in [5, 5.41) is 0.662. The standard InChI is InChI=1S/C15H16N2O4/c1-8(2)17(3)15(19)14(18)10-6-16-11-5-13-12(4-9(10)11)20-7-21-13/h4-6,8,16H,7H2,1-3H3. The molecule has 110 valence electrons. The Bertz CT molecular complexity index is 733. The number of nitrogens with zero attached hydrogens (tertiary/aromatic N) is 1. The summed E-state index contributed by atoms with van der Waals surface area (Å²) in [6.45, 7) is 3.89. The van der Waals surface area contributed by atoms with Gasteiger partial charge in [0.1, 0.15) is 0 Å². The van der Waals surface area contributed by atoms with Crippen LogP contribution in [-0.4, -0.2) is 41.5 Å². The number of fused-ring (bicyclic) bond motifs is 2. The lowest BCUT2D eigenvalue weighted by atomic mass is 10.1. The number of rotatable bonds is 3. The second-order valence-corrected chi connectivity index (χ2v) is 5.29. The third-order valence-electron chi connectivity index (χ3n) is 3.71. The Morgan fingerprint density at radius 1 is 1.24 bits per heavy atom. The molecule has 1 aromatic carbocycles. The van der Waals surface area contributed by atoms with Crippen LogP contribution in [0, 0.1) is 0 Å². The van der Waals surface area contributed by atoms with Crippen molar-refractivity contribution in [2.24, 2.45) is 0 Å². The molecular weight excluding hydrogens is 272 g/mol. The fourth-order valence-electron chi connectivity index (χ4n) is 2.21. The molecule has 3 rings (SSSR count). The molecule has 6 nitrogen and oxygen atoms in total. The fourth-order valence-corrected chi connectivity index (χ4v) is 2.21. The number of aromatic nitrogens is 1. The van der Waals surface area contributed by atoms with Gasteiger partial charge in [-0.15, -0.1) is 0 Å². The lowest BCUT2D eigenvalue weighted by Gasteiger charge is -2.20. The number of nitrogens with one attached hydrogen (secondary N) is 1. The van der Waals surface area contributed by atoms with Gasteiger partial charge >= 0.3 is 0 Å². The molecule has 0 unspecified atom stereocenters. The Kier molecular flexibility index (Phi) is 3.08. The number of aromatic amines is 1. The molecule has 0 saturated carbocycles. The highest BCUT2D eigenvalue weighted by atomic mass is 16.7. The molecular formula is C15H16N2O4. The van der Waals surface area contributed by atoms with Crippen molar-refractivity contribution in [3.8, 4) is 11.5 Å². The lowest BCUT2D eigenvalue weighted by Crippen LogP contribution is -2.38. The number of hydrogen-bond acceptors (Lipinski definition) is 4. The van der Waals surface area contributed by atoms with Crippen LogP contribution in [-0.2, 0) is 4.79 Å². The van der Waals surface area contributed by atoms with Crippen molar-refractivity contribution in [3.63, 3.8) is 0 Å². The zero-order valence-electron chi connectivity index (χ0n) is 12.1. The minimum atomic E-state index is -0.531. The van der Waals surface area contributed by atoms with E-state index in [1.165, 1.54) is 4.90 Å². The predicted molar refractivity (Wildman–Crippen MR) is 76.7 cm³/mol. The van der Waals surface area contributed by atoms with E-state index in [4.69, 9.17) is 9.47 Å². The molecule has 1 amide bonds. The maximum absolute atomic E-state index is 12.4. The van der Waals surface area contributed by atoms with E-state index in [9.17, 15) is 9.59 Å². The molecule has 2 aromatic rings. The maximum atomic E-state index is 12.4. The van der Waals surface area contributed by atoms with Gasteiger partial charge in [-0.25, -0.2) is 0 Å². The fraction of sp³-hybridized carbons (Fsp3) is 0.333. The maximum Gasteiger partial charge on any atom is 0.295 e. The molecule has 0 saturated heterocycles. The Labute approximate surface area is 121 Å². The van der Waals surface area contributed by atoms with Crippen molar-refractivity contribution in [2.75, 3.05) is 13.8 Å². The average Bonchev–Trinajstić information content (AvgIpc) is 3.07. The first-order valence-electron chi connectivity index (χ1n) is 6.71. The second kappa shape index (κ2) is 4.80. The predicted octanol–water partition coefficient (Wildman–Crippen LogP) is 1.95. The summed E-state index contributed by atoms with van der Waals surface area (Å²) in [6.07, 6.45) is 1.55. The number of likely N-dealkylation sites (N-methyl/N-ethyl adjacent to an activating group) is 1. The number of carbonyl (C=O) groups is 2. The van der Waals surface area contributed by atoms with Gasteiger partial charge in [-0.2, -0.15) is 0 Å². The molecule has 21 heavy (non-hydrogen) atoms. The number of carbonyl (C=O) groups excluding carboxylic acids is 2. The summed E-state index contributed by atoms with van der Waals surface area (Å²) in [4.78, 5) is 29.0. The van der Waals surface area contributed by atoms with Gasteiger partial charge in [0.2, 0.25) is 6.79 Å². The minimum absolute atomic E-state index is 0.0346. The van der Waals surface area contributed by atoms with Crippen molar-refractivity contribution >= 4 is 22.6 Å². The topological polar surface area (TPSA) is 71.6 Å². The number of Topliss-reactive ketones (excluding diaryl/α,β-unsaturated/α-hetero) is 1. The highest BCUT2D eigenvalue weighted by Gasteiger charge is 2.26. The van der Waals surface area contributed by atoms with Crippen molar-refractivity contribution in [1.82, 2.24) is 9.88 Å². The van der Waals surface area contributed by atoms with Gasteiger partial charge < -0.3 is 19.4 Å². The van der Waals surface area contributed by atoms with Crippen molar-refractivity contribution in [1.29, 1.82) is 0 Å². The monoisotopic (exact) mass is 288 g/mol. The molecule has 0 spiro atoms. The van der Waals surface area contributed by atoms with Gasteiger partial charge in [0.05, 0.1) is 11.1 Å². The first kappa shape index (κ1) is 13.5. The van der Waals surface area contributed by atoms with Crippen LogP contribution in [0.5, 0.6) is 11.5 Å². The van der Waals surface area contributed by atoms with Crippen molar-refractivity contribution < 1.29 is 19.1 Å². The Balaban J connectivity index is 2.01. The normalized spacial score (nSPS) is 13.0. The summed E-state index contributed by atoms with van der Waals surface area (Å²) in [5.41, 5.74) is 1.09. The summed E-state index contributed by atoms with van der Waals surface area (Å²) in [6, 6.07) is 3.46. The summed E-state index contributed by atoms with van der Waals surface area (Å²) >= 11 is 0. The van der Waals surface area contributed by atoms with Gasteiger partial charge in [-0.05, 0) is 19.9 Å². The van der Waals surface area contributed by atoms with Crippen LogP contribution in [0.2, 0.25) is 0 Å². The molecule has 0 bridgehead atoms. The van der Waals surface area contributed by atoms with E-state index in [0.29, 0.717) is 22.4 Å². The highest BCUT2D eigenvalue weighted by Crippen LogP contribution is 2.37. The average molecular weight is 288 g/mol. The van der Waals surface area contributed by atoms with Crippen molar-refractivity contribution in [2.45, 2.75) is 19.9 Å². The SMILES string of the molecule is CC(C)N(C)C(=O)C(=O)c1c[nH]c2cc3c(cc12)OCO3. The minimum Gasteiger partial charge on any atom is -0.454 e. The summed E-state index contributed by atoms with van der Waals surface area (Å²) < 4.78 is 10.6. The van der Waals surface area contributed by atoms with Crippen LogP contribution in [0.25, 0.3) is 10.9 Å². The molecule has 1 aromatic heterocycles. The van der Waals surface area contributed by atoms with Crippen LogP contribution >= 0.6 is 0 Å². The zero-order valence-corrected chi connectivity index (χ0v) is 12.1. The van der Waals surface area contributed by atoms with Crippen LogP contribution in [0.3, 0.4) is 0 Å². The molecule has 0 atom stereocenters. The third-order valence-corrected chi connectivity index (χ3v) is 3.71. The molecule has 2 heterocycles. The molecule has 1 aliphatic heterocycles. The number of amides is 1. The van der Waals surface area contributed by atoms with Gasteiger partial charge in [-0.3, -0.25) is 9.59 Å². The number of benzene rings is 1. The van der Waals surface area contributed by atoms with Gasteiger partial charge in [0.15, 0.2) is 11.5 Å². The molecule has 6 heteroatoms. The van der Waals surface area contributed by atoms with Gasteiger partial charge in [0, 0.05) is 30.7 Å². The Hall–Kier alpha value is -2.50. The molecule has 1 N–H and O–H groups in total. The first-order chi connectivity index (χ1) is 9.99. The van der Waals surface area contributed by atoms with E-state index < -0.39 is 11.7 Å². The summed E-state index contributed by atoms with van der Waals surface area (Å²) in [7, 11) is 1.62. The van der Waals surface area contributed by atoms with E-state index in [2.05, 4.69) is 4.98 Å². The van der Waals surface area contributed by atoms with E-state index in [0.717, 1.165) is 5.52 Å². The third kappa shape index (κ3) is 2.12. The van der Waals surface area contributed by atoms with Gasteiger partial charge in [0.25, 0.3) is 11.7 Å². The molecule has 1 aliphatic rings. The Morgan fingerprint density at radius 3 is 2.57 bits per heavy atom. The van der Waals surface area contributed by atoms with Crippen LogP contribution in [0.4, 0.5) is 0 Å². The van der Waals surface area contributed by atoms with Crippen LogP contribution < -0.4 is 9.47 Å². The zero-order chi connectivity index (χ0) is 15.1. The first-order valence-corrected chi connectivity index (χ1v) is 6.71. The quantitative estimate of drug-likeness (QED) is 0.692. The number of H-pyrrole nitrogens is 1. The van der Waals surface area contributed by atoms with E-state index >= 15 is 0 Å². The van der Waals surface area contributed by atoms with Crippen LogP contribution in [0.1, 0.15) is 24.2 Å². The van der Waals surface area contributed by atoms with Crippen LogP contribution in [0.15, 0.2) is 18.3 Å².